The third kappa shape index (κ3) is 2.76. The predicted octanol–water partition coefficient (Wildman–Crippen LogP) is 3.82. The zero-order valence-corrected chi connectivity index (χ0v) is 14.0. The Bertz CT molecular complexity index is 950. The topological polar surface area (TPSA) is 58.9 Å². The van der Waals surface area contributed by atoms with Crippen molar-refractivity contribution in [3.05, 3.63) is 115 Å². The Balaban J connectivity index is 2.01. The van der Waals surface area contributed by atoms with Gasteiger partial charge in [0.15, 0.2) is 5.60 Å². The van der Waals surface area contributed by atoms with E-state index in [1.165, 1.54) is 0 Å². The largest absolute Gasteiger partial charge is 0.373 e. The second-order valence-electron chi connectivity index (χ2n) is 5.93. The van der Waals surface area contributed by atoms with Gasteiger partial charge in [0.25, 0.3) is 0 Å². The first kappa shape index (κ1) is 16.1. The summed E-state index contributed by atoms with van der Waals surface area (Å²) in [6, 6.07) is 23.2. The van der Waals surface area contributed by atoms with Crippen LogP contribution in [0.5, 0.6) is 0 Å². The highest BCUT2D eigenvalue weighted by atomic mass is 16.3. The monoisotopic (exact) mass is 339 g/mol. The molecule has 4 heteroatoms. The van der Waals surface area contributed by atoms with Gasteiger partial charge in [0.1, 0.15) is 5.69 Å². The Morgan fingerprint density at radius 3 is 2.12 bits per heavy atom. The Morgan fingerprint density at radius 2 is 1.38 bits per heavy atom. The number of aromatic nitrogens is 3. The van der Waals surface area contributed by atoms with Crippen LogP contribution in [0.2, 0.25) is 0 Å². The van der Waals surface area contributed by atoms with Crippen molar-refractivity contribution in [2.24, 2.45) is 0 Å². The first-order valence-corrected chi connectivity index (χ1v) is 8.35. The summed E-state index contributed by atoms with van der Waals surface area (Å²) in [4.78, 5) is 13.0. The lowest BCUT2D eigenvalue weighted by Gasteiger charge is -2.29. The molecule has 1 N–H and O–H groups in total. The van der Waals surface area contributed by atoms with Crippen molar-refractivity contribution in [3.8, 4) is 11.1 Å². The van der Waals surface area contributed by atoms with Crippen molar-refractivity contribution in [1.29, 1.82) is 0 Å². The SMILES string of the molecule is OC(c1ccccn1)(c1cnccn1)c1ccccc1-c1ccccc1. The van der Waals surface area contributed by atoms with Gasteiger partial charge in [0, 0.05) is 24.2 Å². The number of rotatable bonds is 4. The molecule has 26 heavy (non-hydrogen) atoms. The van der Waals surface area contributed by atoms with Crippen LogP contribution in [0.15, 0.2) is 97.6 Å². The summed E-state index contributed by atoms with van der Waals surface area (Å²) in [6.07, 6.45) is 6.41. The van der Waals surface area contributed by atoms with Crippen LogP contribution in [0.4, 0.5) is 0 Å². The lowest BCUT2D eigenvalue weighted by atomic mass is 9.82. The van der Waals surface area contributed by atoms with Gasteiger partial charge in [-0.15, -0.1) is 0 Å². The fourth-order valence-corrected chi connectivity index (χ4v) is 3.14. The van der Waals surface area contributed by atoms with Crippen LogP contribution < -0.4 is 0 Å². The summed E-state index contributed by atoms with van der Waals surface area (Å²) >= 11 is 0. The molecule has 1 atom stereocenters. The average molecular weight is 339 g/mol. The second-order valence-corrected chi connectivity index (χ2v) is 5.93. The van der Waals surface area contributed by atoms with E-state index in [-0.39, 0.29) is 0 Å². The van der Waals surface area contributed by atoms with Gasteiger partial charge in [-0.3, -0.25) is 15.0 Å². The number of aliphatic hydroxyl groups is 1. The second kappa shape index (κ2) is 6.86. The van der Waals surface area contributed by atoms with E-state index in [1.807, 2.05) is 66.7 Å². The Kier molecular flexibility index (Phi) is 4.25. The molecular formula is C22H17N3O. The normalized spacial score (nSPS) is 13.1. The molecule has 0 amide bonds. The van der Waals surface area contributed by atoms with E-state index in [4.69, 9.17) is 0 Å². The van der Waals surface area contributed by atoms with Crippen LogP contribution >= 0.6 is 0 Å². The van der Waals surface area contributed by atoms with Gasteiger partial charge >= 0.3 is 0 Å². The van der Waals surface area contributed by atoms with Gasteiger partial charge in [-0.2, -0.15) is 0 Å². The van der Waals surface area contributed by atoms with Crippen LogP contribution in [-0.2, 0) is 5.60 Å². The molecule has 0 saturated heterocycles. The van der Waals surface area contributed by atoms with E-state index in [9.17, 15) is 5.11 Å². The van der Waals surface area contributed by atoms with Crippen molar-refractivity contribution >= 4 is 0 Å². The molecule has 0 saturated carbocycles. The van der Waals surface area contributed by atoms with Crippen molar-refractivity contribution in [1.82, 2.24) is 15.0 Å². The molecule has 4 aromatic rings. The minimum Gasteiger partial charge on any atom is -0.373 e. The van der Waals surface area contributed by atoms with Crippen LogP contribution in [-0.4, -0.2) is 20.1 Å². The fourth-order valence-electron chi connectivity index (χ4n) is 3.14. The van der Waals surface area contributed by atoms with E-state index in [2.05, 4.69) is 15.0 Å². The van der Waals surface area contributed by atoms with E-state index in [0.29, 0.717) is 17.0 Å². The first-order chi connectivity index (χ1) is 12.8. The highest BCUT2D eigenvalue weighted by molar-refractivity contribution is 5.70. The number of pyridine rings is 1. The third-order valence-electron chi connectivity index (χ3n) is 4.37. The summed E-state index contributed by atoms with van der Waals surface area (Å²) in [7, 11) is 0. The Morgan fingerprint density at radius 1 is 0.654 bits per heavy atom. The number of hydrogen-bond donors (Lipinski definition) is 1. The summed E-state index contributed by atoms with van der Waals surface area (Å²) in [5, 5.41) is 11.9. The van der Waals surface area contributed by atoms with Crippen LogP contribution in [0, 0.1) is 0 Å². The van der Waals surface area contributed by atoms with Crippen molar-refractivity contribution in [2.45, 2.75) is 5.60 Å². The standard InChI is InChI=1S/C22H17N3O/c26-22(20-12-6-7-13-24-20,21-16-23-14-15-25-21)19-11-5-4-10-18(19)17-8-2-1-3-9-17/h1-16,26H. The zero-order valence-electron chi connectivity index (χ0n) is 14.0. The number of nitrogens with zero attached hydrogens (tertiary/aromatic N) is 3. The first-order valence-electron chi connectivity index (χ1n) is 8.35. The summed E-state index contributed by atoms with van der Waals surface area (Å²) < 4.78 is 0. The summed E-state index contributed by atoms with van der Waals surface area (Å²) in [5.41, 5.74) is 2.08. The summed E-state index contributed by atoms with van der Waals surface area (Å²) in [6.45, 7) is 0. The quantitative estimate of drug-likeness (QED) is 0.614. The Labute approximate surface area is 151 Å². The van der Waals surface area contributed by atoms with Gasteiger partial charge in [-0.05, 0) is 23.3 Å². The highest BCUT2D eigenvalue weighted by Crippen LogP contribution is 2.39. The van der Waals surface area contributed by atoms with E-state index in [1.54, 1.807) is 30.9 Å². The molecule has 0 radical (unpaired) electrons. The maximum atomic E-state index is 11.9. The number of hydrogen-bond acceptors (Lipinski definition) is 4. The minimum absolute atomic E-state index is 0.432. The highest BCUT2D eigenvalue weighted by Gasteiger charge is 2.38. The van der Waals surface area contributed by atoms with E-state index < -0.39 is 5.60 Å². The minimum atomic E-state index is -1.51. The third-order valence-corrected chi connectivity index (χ3v) is 4.37. The molecule has 0 bridgehead atoms. The molecule has 2 heterocycles. The van der Waals surface area contributed by atoms with Gasteiger partial charge in [0.05, 0.1) is 11.9 Å². The van der Waals surface area contributed by atoms with Crippen LogP contribution in [0.25, 0.3) is 11.1 Å². The molecular weight excluding hydrogens is 322 g/mol. The lowest BCUT2D eigenvalue weighted by molar-refractivity contribution is 0.116. The van der Waals surface area contributed by atoms with Gasteiger partial charge < -0.3 is 5.11 Å². The van der Waals surface area contributed by atoms with E-state index >= 15 is 0 Å². The van der Waals surface area contributed by atoms with E-state index in [0.717, 1.165) is 11.1 Å². The fraction of sp³-hybridized carbons (Fsp3) is 0.0455. The smallest absolute Gasteiger partial charge is 0.176 e. The van der Waals surface area contributed by atoms with Crippen LogP contribution in [0.3, 0.4) is 0 Å². The molecule has 2 aromatic carbocycles. The van der Waals surface area contributed by atoms with Crippen molar-refractivity contribution in [2.75, 3.05) is 0 Å². The maximum Gasteiger partial charge on any atom is 0.176 e. The molecule has 1 unspecified atom stereocenters. The molecule has 4 nitrogen and oxygen atoms in total. The van der Waals surface area contributed by atoms with Crippen molar-refractivity contribution < 1.29 is 5.11 Å². The molecule has 0 spiro atoms. The molecule has 126 valence electrons. The van der Waals surface area contributed by atoms with Gasteiger partial charge in [0.2, 0.25) is 0 Å². The zero-order chi connectivity index (χ0) is 17.8. The Hall–Kier alpha value is -3.37. The average Bonchev–Trinajstić information content (AvgIpc) is 2.75. The number of benzene rings is 2. The van der Waals surface area contributed by atoms with Crippen molar-refractivity contribution in [3.63, 3.8) is 0 Å². The lowest BCUT2D eigenvalue weighted by Crippen LogP contribution is -2.32. The summed E-state index contributed by atoms with van der Waals surface area (Å²) in [5.74, 6) is 0. The van der Waals surface area contributed by atoms with Gasteiger partial charge in [-0.1, -0.05) is 60.7 Å². The van der Waals surface area contributed by atoms with Gasteiger partial charge in [-0.25, -0.2) is 0 Å². The molecule has 0 fully saturated rings. The predicted molar refractivity (Wildman–Crippen MR) is 100 cm³/mol. The van der Waals surface area contributed by atoms with Crippen LogP contribution in [0.1, 0.15) is 17.0 Å². The molecule has 4 rings (SSSR count). The molecule has 0 aliphatic rings. The molecule has 0 aliphatic carbocycles. The molecule has 2 aromatic heterocycles. The molecule has 0 aliphatic heterocycles. The maximum absolute atomic E-state index is 11.9.